The molecule has 1 aliphatic rings. The van der Waals surface area contributed by atoms with Crippen LogP contribution in [0.1, 0.15) is 44.6 Å². The van der Waals surface area contributed by atoms with Gasteiger partial charge >= 0.3 is 0 Å². The second-order valence-electron chi connectivity index (χ2n) is 5.14. The number of allylic oxidation sites excluding steroid dienone is 4. The molecule has 1 aliphatic carbocycles. The molecule has 19 heavy (non-hydrogen) atoms. The third-order valence-electron chi connectivity index (χ3n) is 3.58. The van der Waals surface area contributed by atoms with Crippen LogP contribution in [0.25, 0.3) is 5.57 Å². The normalized spacial score (nSPS) is 19.1. The SMILES string of the molecule is CC/C=C\CCC[C@H]1C=C(c2ccccc2)C(=O)C1. The molecule has 0 radical (unpaired) electrons. The van der Waals surface area contributed by atoms with Gasteiger partial charge in [-0.25, -0.2) is 0 Å². The quantitative estimate of drug-likeness (QED) is 0.526. The number of benzene rings is 1. The fourth-order valence-electron chi connectivity index (χ4n) is 2.58. The first kappa shape index (κ1) is 13.8. The van der Waals surface area contributed by atoms with Crippen LogP contribution in [0.15, 0.2) is 48.6 Å². The van der Waals surface area contributed by atoms with Gasteiger partial charge in [0.1, 0.15) is 0 Å². The molecule has 0 amide bonds. The lowest BCUT2D eigenvalue weighted by molar-refractivity contribution is -0.113. The Morgan fingerprint density at radius 2 is 2.00 bits per heavy atom. The van der Waals surface area contributed by atoms with Crippen molar-refractivity contribution in [2.45, 2.75) is 39.0 Å². The van der Waals surface area contributed by atoms with Crippen molar-refractivity contribution in [3.05, 3.63) is 54.1 Å². The Labute approximate surface area is 116 Å². The number of carbonyl (C=O) groups excluding carboxylic acids is 1. The summed E-state index contributed by atoms with van der Waals surface area (Å²) < 4.78 is 0. The lowest BCUT2D eigenvalue weighted by Gasteiger charge is -2.03. The maximum atomic E-state index is 12.0. The molecule has 0 N–H and O–H groups in total. The van der Waals surface area contributed by atoms with E-state index in [2.05, 4.69) is 25.2 Å². The van der Waals surface area contributed by atoms with Gasteiger partial charge in [-0.3, -0.25) is 4.79 Å². The molecule has 1 heteroatoms. The van der Waals surface area contributed by atoms with Gasteiger partial charge in [-0.1, -0.05) is 55.5 Å². The largest absolute Gasteiger partial charge is 0.294 e. The van der Waals surface area contributed by atoms with Crippen LogP contribution in [0.5, 0.6) is 0 Å². The van der Waals surface area contributed by atoms with Crippen LogP contribution in [0.2, 0.25) is 0 Å². The van der Waals surface area contributed by atoms with Gasteiger partial charge in [-0.15, -0.1) is 0 Å². The molecule has 0 spiro atoms. The Kier molecular flexibility index (Phi) is 5.14. The molecule has 0 aromatic heterocycles. The molecule has 2 rings (SSSR count). The van der Waals surface area contributed by atoms with Gasteiger partial charge in [0, 0.05) is 12.0 Å². The molecule has 1 atom stereocenters. The minimum atomic E-state index is 0.306. The van der Waals surface area contributed by atoms with Gasteiger partial charge in [0.25, 0.3) is 0 Å². The van der Waals surface area contributed by atoms with Crippen LogP contribution in [-0.4, -0.2) is 5.78 Å². The van der Waals surface area contributed by atoms with Crippen LogP contribution >= 0.6 is 0 Å². The van der Waals surface area contributed by atoms with E-state index in [0.717, 1.165) is 30.4 Å². The summed E-state index contributed by atoms with van der Waals surface area (Å²) in [5, 5.41) is 0. The molecule has 0 fully saturated rings. The number of hydrogen-bond donors (Lipinski definition) is 0. The Bertz CT molecular complexity index is 468. The number of ketones is 1. The summed E-state index contributed by atoms with van der Waals surface area (Å²) in [4.78, 5) is 12.0. The van der Waals surface area contributed by atoms with Crippen molar-refractivity contribution in [1.29, 1.82) is 0 Å². The maximum Gasteiger partial charge on any atom is 0.163 e. The summed E-state index contributed by atoms with van der Waals surface area (Å²) in [5.41, 5.74) is 2.00. The summed E-state index contributed by atoms with van der Waals surface area (Å²) in [5.74, 6) is 0.748. The fraction of sp³-hybridized carbons (Fsp3) is 0.389. The molecule has 0 aliphatic heterocycles. The zero-order valence-corrected chi connectivity index (χ0v) is 11.6. The summed E-state index contributed by atoms with van der Waals surface area (Å²) >= 11 is 0. The molecule has 1 aromatic carbocycles. The maximum absolute atomic E-state index is 12.0. The predicted molar refractivity (Wildman–Crippen MR) is 80.8 cm³/mol. The van der Waals surface area contributed by atoms with E-state index >= 15 is 0 Å². The van der Waals surface area contributed by atoms with Crippen LogP contribution in [0, 0.1) is 5.92 Å². The molecule has 0 saturated carbocycles. The Morgan fingerprint density at radius 3 is 2.74 bits per heavy atom. The van der Waals surface area contributed by atoms with Gasteiger partial charge in [-0.05, 0) is 37.2 Å². The third kappa shape index (κ3) is 3.92. The Hall–Kier alpha value is -1.63. The van der Waals surface area contributed by atoms with Crippen molar-refractivity contribution in [3.8, 4) is 0 Å². The fourth-order valence-corrected chi connectivity index (χ4v) is 2.58. The first-order chi connectivity index (χ1) is 9.31. The first-order valence-corrected chi connectivity index (χ1v) is 7.26. The highest BCUT2D eigenvalue weighted by atomic mass is 16.1. The first-order valence-electron chi connectivity index (χ1n) is 7.26. The second kappa shape index (κ2) is 7.08. The number of rotatable bonds is 6. The molecule has 0 saturated heterocycles. The third-order valence-corrected chi connectivity index (χ3v) is 3.58. The van der Waals surface area contributed by atoms with Gasteiger partial charge in [0.15, 0.2) is 5.78 Å². The van der Waals surface area contributed by atoms with E-state index in [4.69, 9.17) is 0 Å². The highest BCUT2D eigenvalue weighted by molar-refractivity contribution is 6.22. The Morgan fingerprint density at radius 1 is 1.21 bits per heavy atom. The lowest BCUT2D eigenvalue weighted by Crippen LogP contribution is -1.98. The van der Waals surface area contributed by atoms with Crippen molar-refractivity contribution in [3.63, 3.8) is 0 Å². The summed E-state index contributed by atoms with van der Waals surface area (Å²) in [6.45, 7) is 2.15. The van der Waals surface area contributed by atoms with Crippen LogP contribution in [0.4, 0.5) is 0 Å². The molecule has 100 valence electrons. The van der Waals surface area contributed by atoms with E-state index in [0.29, 0.717) is 18.1 Å². The Balaban J connectivity index is 1.90. The van der Waals surface area contributed by atoms with Gasteiger partial charge in [0.05, 0.1) is 0 Å². The van der Waals surface area contributed by atoms with E-state index in [9.17, 15) is 4.79 Å². The lowest BCUT2D eigenvalue weighted by atomic mass is 10.0. The molecule has 1 nitrogen and oxygen atoms in total. The van der Waals surface area contributed by atoms with Crippen molar-refractivity contribution >= 4 is 11.4 Å². The van der Waals surface area contributed by atoms with Gasteiger partial charge in [-0.2, -0.15) is 0 Å². The number of carbonyl (C=O) groups is 1. The summed E-state index contributed by atoms with van der Waals surface area (Å²) in [7, 11) is 0. The van der Waals surface area contributed by atoms with Crippen LogP contribution < -0.4 is 0 Å². The average molecular weight is 254 g/mol. The van der Waals surface area contributed by atoms with Crippen molar-refractivity contribution in [2.75, 3.05) is 0 Å². The van der Waals surface area contributed by atoms with Crippen molar-refractivity contribution in [2.24, 2.45) is 5.92 Å². The second-order valence-corrected chi connectivity index (χ2v) is 5.14. The summed E-state index contributed by atoms with van der Waals surface area (Å²) in [6.07, 6.45) is 11.9. The predicted octanol–water partition coefficient (Wildman–Crippen LogP) is 4.80. The number of unbranched alkanes of at least 4 members (excludes halogenated alkanes) is 1. The highest BCUT2D eigenvalue weighted by Gasteiger charge is 2.24. The van der Waals surface area contributed by atoms with E-state index in [1.165, 1.54) is 6.42 Å². The topological polar surface area (TPSA) is 17.1 Å². The molecule has 0 bridgehead atoms. The summed E-state index contributed by atoms with van der Waals surface area (Å²) in [6, 6.07) is 10.0. The molecular formula is C18H22O. The van der Waals surface area contributed by atoms with Crippen molar-refractivity contribution < 1.29 is 4.79 Å². The molecule has 1 aromatic rings. The van der Waals surface area contributed by atoms with Crippen LogP contribution in [-0.2, 0) is 4.79 Å². The number of hydrogen-bond acceptors (Lipinski definition) is 1. The highest BCUT2D eigenvalue weighted by Crippen LogP contribution is 2.31. The van der Waals surface area contributed by atoms with E-state index in [1.54, 1.807) is 0 Å². The van der Waals surface area contributed by atoms with Gasteiger partial charge < -0.3 is 0 Å². The smallest absolute Gasteiger partial charge is 0.163 e. The molecule has 0 heterocycles. The van der Waals surface area contributed by atoms with E-state index < -0.39 is 0 Å². The van der Waals surface area contributed by atoms with E-state index in [-0.39, 0.29) is 0 Å². The zero-order chi connectivity index (χ0) is 13.5. The monoisotopic (exact) mass is 254 g/mol. The standard InChI is InChI=1S/C18H22O/c1-2-3-4-5-7-10-15-13-17(18(19)14-15)16-11-8-6-9-12-16/h3-4,6,8-9,11-13,15H,2,5,7,10,14H2,1H3/b4-3-/t15-/m0/s1. The molecular weight excluding hydrogens is 232 g/mol. The minimum absolute atomic E-state index is 0.306. The average Bonchev–Trinajstić information content (AvgIpc) is 2.81. The van der Waals surface area contributed by atoms with E-state index in [1.807, 2.05) is 30.3 Å². The molecule has 0 unspecified atom stereocenters. The minimum Gasteiger partial charge on any atom is -0.294 e. The van der Waals surface area contributed by atoms with Crippen molar-refractivity contribution in [1.82, 2.24) is 0 Å². The zero-order valence-electron chi connectivity index (χ0n) is 11.6. The van der Waals surface area contributed by atoms with Crippen LogP contribution in [0.3, 0.4) is 0 Å². The van der Waals surface area contributed by atoms with Gasteiger partial charge in [0.2, 0.25) is 0 Å². The number of Topliss-reactive ketones (excluding diaryl/α,β-unsaturated/α-hetero) is 1.